The Balaban J connectivity index is 1.28. The summed E-state index contributed by atoms with van der Waals surface area (Å²) in [5.41, 5.74) is 1.13. The van der Waals surface area contributed by atoms with Crippen molar-refractivity contribution in [3.05, 3.63) is 53.6 Å². The number of urea groups is 1. The van der Waals surface area contributed by atoms with Crippen molar-refractivity contribution >= 4 is 45.9 Å². The van der Waals surface area contributed by atoms with Crippen LogP contribution in [0.5, 0.6) is 0 Å². The molecule has 3 N–H and O–H groups in total. The highest BCUT2D eigenvalue weighted by Crippen LogP contribution is 2.45. The summed E-state index contributed by atoms with van der Waals surface area (Å²) in [4.78, 5) is 71.6. The molecule has 1 unspecified atom stereocenters. The van der Waals surface area contributed by atoms with Crippen LogP contribution < -0.4 is 15.4 Å². The molecule has 6 amide bonds. The van der Waals surface area contributed by atoms with Crippen molar-refractivity contribution in [2.24, 2.45) is 5.92 Å². The highest BCUT2D eigenvalue weighted by Gasteiger charge is 2.62. The van der Waals surface area contributed by atoms with Gasteiger partial charge in [0, 0.05) is 38.9 Å². The molecule has 2 aliphatic carbocycles. The van der Waals surface area contributed by atoms with Gasteiger partial charge < -0.3 is 25.2 Å². The smallest absolute Gasteiger partial charge is 0.410 e. The molecule has 51 heavy (non-hydrogen) atoms. The number of sulfonamides is 1. The van der Waals surface area contributed by atoms with E-state index in [2.05, 4.69) is 21.9 Å². The Hall–Kier alpha value is -4.54. The average Bonchev–Trinajstić information content (AvgIpc) is 3.97. The van der Waals surface area contributed by atoms with Gasteiger partial charge in [0.05, 0.1) is 18.3 Å². The molecule has 5 aliphatic rings. The fraction of sp³-hybridized carbons (Fsp3) is 0.559. The molecule has 1 saturated heterocycles. The Morgan fingerprint density at radius 2 is 1.96 bits per heavy atom. The van der Waals surface area contributed by atoms with E-state index in [0.29, 0.717) is 25.7 Å². The van der Waals surface area contributed by atoms with Gasteiger partial charge in [-0.05, 0) is 48.8 Å². The second kappa shape index (κ2) is 14.2. The van der Waals surface area contributed by atoms with Crippen LogP contribution in [-0.2, 0) is 42.2 Å². The summed E-state index contributed by atoms with van der Waals surface area (Å²) in [7, 11) is -2.49. The van der Waals surface area contributed by atoms with Gasteiger partial charge in [-0.15, -0.1) is 6.58 Å². The third-order valence-corrected chi connectivity index (χ3v) is 12.0. The first kappa shape index (κ1) is 36.3. The van der Waals surface area contributed by atoms with Gasteiger partial charge in [0.25, 0.3) is 5.91 Å². The average molecular weight is 733 g/mol. The van der Waals surface area contributed by atoms with Crippen LogP contribution in [0.2, 0.25) is 0 Å². The zero-order valence-electron chi connectivity index (χ0n) is 28.2. The number of hydrogen-bond acceptors (Lipinski definition) is 8. The lowest BCUT2D eigenvalue weighted by Gasteiger charge is -2.30. The van der Waals surface area contributed by atoms with E-state index in [9.17, 15) is 41.2 Å². The third-order valence-electron chi connectivity index (χ3n) is 10.2. The van der Waals surface area contributed by atoms with Gasteiger partial charge in [-0.25, -0.2) is 26.8 Å². The monoisotopic (exact) mass is 732 g/mol. The van der Waals surface area contributed by atoms with Crippen LogP contribution in [-0.4, -0.2) is 109 Å². The Kier molecular flexibility index (Phi) is 10.1. The van der Waals surface area contributed by atoms with E-state index in [4.69, 9.17) is 4.74 Å². The zero-order valence-corrected chi connectivity index (χ0v) is 29.0. The highest BCUT2D eigenvalue weighted by molar-refractivity contribution is 7.91. The lowest BCUT2D eigenvalue weighted by atomic mass is 10.0. The van der Waals surface area contributed by atoms with Gasteiger partial charge in [-0.2, -0.15) is 0 Å². The standard InChI is InChI=1S/C34H42F2N6O8S/c1-3-22-16-34(22,31(45)39-51(48,49)24-11-12-24)38-29(43)27-14-23-18-42(27)30(44)26(15-28(35)36)37-32(46)40(2)13-6-4-5-8-20-9-7-10-21-17-41(19-25(20)21)33(47)50-23/h3,5,7-10,22-24,26-28H,1,4,6,11-19H2,2H3,(H,37,46)(H,38,43)(H,39,45)/b8-5+/t22-,23?,26+,27+,34+/m1/s1. The maximum atomic E-state index is 14.0. The van der Waals surface area contributed by atoms with Crippen molar-refractivity contribution in [2.45, 2.75) is 93.4 Å². The Morgan fingerprint density at radius 3 is 2.65 bits per heavy atom. The van der Waals surface area contributed by atoms with Crippen LogP contribution >= 0.6 is 0 Å². The van der Waals surface area contributed by atoms with Gasteiger partial charge in [-0.1, -0.05) is 36.4 Å². The lowest BCUT2D eigenvalue weighted by molar-refractivity contribution is -0.141. The van der Waals surface area contributed by atoms with Gasteiger partial charge in [0.2, 0.25) is 28.3 Å². The Morgan fingerprint density at radius 1 is 1.20 bits per heavy atom. The number of alkyl halides is 2. The second-order valence-electron chi connectivity index (χ2n) is 13.9. The molecule has 0 spiro atoms. The fourth-order valence-corrected chi connectivity index (χ4v) is 8.33. The van der Waals surface area contributed by atoms with Crippen molar-refractivity contribution in [1.29, 1.82) is 0 Å². The number of nitrogens with zero attached hydrogens (tertiary/aromatic N) is 3. The summed E-state index contributed by atoms with van der Waals surface area (Å²) in [6.45, 7) is 4.12. The SMILES string of the molecule is C=C[C@@H]1C[C@@]1(NC(=O)[C@@H]1CC2CN1C(=O)[C@H](CC(F)F)NC(=O)N(C)CCC/C=C/c1cccc3c1CN(C3)C(=O)O2)C(=O)NS(=O)(=O)C1CC1. The normalized spacial score (nSPS) is 29.0. The maximum Gasteiger partial charge on any atom is 0.410 e. The van der Waals surface area contributed by atoms with E-state index in [1.807, 2.05) is 30.4 Å². The van der Waals surface area contributed by atoms with Crippen LogP contribution in [0.3, 0.4) is 0 Å². The Labute approximate surface area is 294 Å². The molecule has 1 aromatic rings. The molecule has 5 atom stereocenters. The second-order valence-corrected chi connectivity index (χ2v) is 15.8. The van der Waals surface area contributed by atoms with Gasteiger partial charge in [0.1, 0.15) is 23.7 Å². The van der Waals surface area contributed by atoms with E-state index >= 15 is 0 Å². The first-order valence-corrected chi connectivity index (χ1v) is 18.6. The molecule has 3 heterocycles. The summed E-state index contributed by atoms with van der Waals surface area (Å²) >= 11 is 0. The number of hydrogen-bond donors (Lipinski definition) is 3. The van der Waals surface area contributed by atoms with E-state index in [-0.39, 0.29) is 39.0 Å². The summed E-state index contributed by atoms with van der Waals surface area (Å²) in [5, 5.41) is 4.29. The number of fused-ring (bicyclic) bond motifs is 3. The topological polar surface area (TPSA) is 175 Å². The van der Waals surface area contributed by atoms with Gasteiger partial charge >= 0.3 is 12.1 Å². The van der Waals surface area contributed by atoms with Gasteiger partial charge in [-0.3, -0.25) is 24.0 Å². The van der Waals surface area contributed by atoms with Crippen LogP contribution in [0.15, 0.2) is 36.9 Å². The number of halogens is 2. The van der Waals surface area contributed by atoms with E-state index in [0.717, 1.165) is 21.6 Å². The number of rotatable bonds is 8. The molecular formula is C34H42F2N6O8S. The molecule has 6 rings (SSSR count). The predicted octanol–water partition coefficient (Wildman–Crippen LogP) is 2.25. The molecule has 3 aliphatic heterocycles. The number of ether oxygens (including phenoxy) is 1. The molecule has 1 aromatic carbocycles. The minimum absolute atomic E-state index is 0.0381. The number of amides is 6. The number of nitrogens with one attached hydrogen (secondary N) is 3. The predicted molar refractivity (Wildman–Crippen MR) is 179 cm³/mol. The molecular weight excluding hydrogens is 690 g/mol. The largest absolute Gasteiger partial charge is 0.444 e. The molecule has 4 bridgehead atoms. The van der Waals surface area contributed by atoms with Crippen molar-refractivity contribution in [3.8, 4) is 0 Å². The molecule has 0 aromatic heterocycles. The highest BCUT2D eigenvalue weighted by atomic mass is 32.2. The van der Waals surface area contributed by atoms with Crippen molar-refractivity contribution in [3.63, 3.8) is 0 Å². The van der Waals surface area contributed by atoms with E-state index in [1.54, 1.807) is 0 Å². The molecule has 2 saturated carbocycles. The van der Waals surface area contributed by atoms with Crippen LogP contribution in [0.25, 0.3) is 6.08 Å². The summed E-state index contributed by atoms with van der Waals surface area (Å²) in [6, 6.07) is 1.82. The first-order valence-electron chi connectivity index (χ1n) is 17.1. The van der Waals surface area contributed by atoms with Gasteiger partial charge in [0.15, 0.2) is 0 Å². The summed E-state index contributed by atoms with van der Waals surface area (Å²) in [6.07, 6.45) is 1.24. The molecule has 276 valence electrons. The van der Waals surface area contributed by atoms with E-state index in [1.165, 1.54) is 22.9 Å². The fourth-order valence-electron chi connectivity index (χ4n) is 6.96. The zero-order chi connectivity index (χ0) is 36.7. The summed E-state index contributed by atoms with van der Waals surface area (Å²) < 4.78 is 60.7. The van der Waals surface area contributed by atoms with E-state index < -0.39 is 87.6 Å². The molecule has 3 fully saturated rings. The van der Waals surface area contributed by atoms with Crippen LogP contribution in [0.1, 0.15) is 61.6 Å². The number of allylic oxidation sites excluding steroid dienone is 1. The van der Waals surface area contributed by atoms with Crippen molar-refractivity contribution in [1.82, 2.24) is 30.1 Å². The number of benzene rings is 1. The lowest BCUT2D eigenvalue weighted by Crippen LogP contribution is -2.59. The maximum absolute atomic E-state index is 14.0. The summed E-state index contributed by atoms with van der Waals surface area (Å²) in [5.74, 6) is -3.45. The van der Waals surface area contributed by atoms with Crippen molar-refractivity contribution in [2.75, 3.05) is 20.1 Å². The minimum atomic E-state index is -3.97. The van der Waals surface area contributed by atoms with Crippen LogP contribution in [0.4, 0.5) is 18.4 Å². The Bertz CT molecular complexity index is 1750. The quantitative estimate of drug-likeness (QED) is 0.342. The third kappa shape index (κ3) is 7.72. The molecule has 17 heteroatoms. The van der Waals surface area contributed by atoms with Crippen LogP contribution in [0, 0.1) is 5.92 Å². The molecule has 0 radical (unpaired) electrons. The first-order chi connectivity index (χ1) is 24.2. The number of carbonyl (C=O) groups excluding carboxylic acids is 5. The minimum Gasteiger partial charge on any atom is -0.444 e. The van der Waals surface area contributed by atoms with Crippen molar-refractivity contribution < 1.29 is 45.9 Å². The number of carbonyl (C=O) groups is 5. The molecule has 14 nitrogen and oxygen atoms in total.